The predicted molar refractivity (Wildman–Crippen MR) is 158 cm³/mol. The first kappa shape index (κ1) is 31.3. The quantitative estimate of drug-likeness (QED) is 0.299. The number of anilines is 1. The molecular weight excluding hydrogens is 573 g/mol. The second-order valence-electron chi connectivity index (χ2n) is 9.61. The van der Waals surface area contributed by atoms with Gasteiger partial charge in [0, 0.05) is 13.1 Å². The average Bonchev–Trinajstić information content (AvgIpc) is 2.95. The molecule has 0 spiro atoms. The maximum absolute atomic E-state index is 13.9. The number of para-hydroxylation sites is 1. The third-order valence-electron chi connectivity index (χ3n) is 6.16. The molecular formula is C29H33Cl2N3O5S. The van der Waals surface area contributed by atoms with E-state index >= 15 is 0 Å². The number of methoxy groups -OCH3 is 1. The topological polar surface area (TPSA) is 96.0 Å². The van der Waals surface area contributed by atoms with Crippen molar-refractivity contribution < 1.29 is 22.7 Å². The van der Waals surface area contributed by atoms with Crippen LogP contribution in [-0.2, 0) is 26.2 Å². The Bertz CT molecular complexity index is 1420. The lowest BCUT2D eigenvalue weighted by Gasteiger charge is -2.32. The van der Waals surface area contributed by atoms with Gasteiger partial charge in [0.2, 0.25) is 11.8 Å². The summed E-state index contributed by atoms with van der Waals surface area (Å²) in [5, 5.41) is 3.51. The molecule has 0 fully saturated rings. The Hall–Kier alpha value is -3.27. The third kappa shape index (κ3) is 7.90. The second kappa shape index (κ2) is 13.9. The van der Waals surface area contributed by atoms with E-state index in [2.05, 4.69) is 5.32 Å². The van der Waals surface area contributed by atoms with Crippen LogP contribution < -0.4 is 14.4 Å². The molecule has 1 atom stereocenters. The molecule has 40 heavy (non-hydrogen) atoms. The molecule has 1 unspecified atom stereocenters. The van der Waals surface area contributed by atoms with Crippen LogP contribution in [-0.4, -0.2) is 51.4 Å². The third-order valence-corrected chi connectivity index (χ3v) is 8.69. The SMILES string of the molecule is COc1ccc(S(=O)(=O)N(CC(=O)N(Cc2ccc(Cl)c(Cl)c2)C(C)C(=O)NCC(C)C)c2ccccc2)cc1. The lowest BCUT2D eigenvalue weighted by atomic mass is 10.1. The maximum atomic E-state index is 13.9. The zero-order valence-corrected chi connectivity index (χ0v) is 25.1. The van der Waals surface area contributed by atoms with Gasteiger partial charge in [-0.1, -0.05) is 61.3 Å². The van der Waals surface area contributed by atoms with Crippen LogP contribution in [0.3, 0.4) is 0 Å². The number of nitrogens with one attached hydrogen (secondary N) is 1. The highest BCUT2D eigenvalue weighted by Gasteiger charge is 2.32. The van der Waals surface area contributed by atoms with Crippen LogP contribution in [0, 0.1) is 5.92 Å². The molecule has 0 aliphatic rings. The molecule has 0 saturated heterocycles. The molecule has 2 amide bonds. The van der Waals surface area contributed by atoms with Gasteiger partial charge in [0.05, 0.1) is 27.7 Å². The summed E-state index contributed by atoms with van der Waals surface area (Å²) in [7, 11) is -2.68. The van der Waals surface area contributed by atoms with Gasteiger partial charge in [-0.05, 0) is 66.9 Å². The van der Waals surface area contributed by atoms with E-state index in [0.29, 0.717) is 33.6 Å². The van der Waals surface area contributed by atoms with E-state index in [4.69, 9.17) is 27.9 Å². The first-order valence-electron chi connectivity index (χ1n) is 12.7. The number of carbonyl (C=O) groups excluding carboxylic acids is 2. The number of carbonyl (C=O) groups is 2. The van der Waals surface area contributed by atoms with Gasteiger partial charge in [0.1, 0.15) is 18.3 Å². The monoisotopic (exact) mass is 605 g/mol. The Morgan fingerprint density at radius 1 is 0.925 bits per heavy atom. The first-order chi connectivity index (χ1) is 18.9. The maximum Gasteiger partial charge on any atom is 0.264 e. The molecule has 1 N–H and O–H groups in total. The van der Waals surface area contributed by atoms with Crippen LogP contribution in [0.2, 0.25) is 10.0 Å². The summed E-state index contributed by atoms with van der Waals surface area (Å²) in [6, 6.07) is 18.3. The van der Waals surface area contributed by atoms with Gasteiger partial charge in [-0.15, -0.1) is 0 Å². The van der Waals surface area contributed by atoms with Crippen LogP contribution in [0.4, 0.5) is 5.69 Å². The van der Waals surface area contributed by atoms with E-state index in [9.17, 15) is 18.0 Å². The van der Waals surface area contributed by atoms with Crippen LogP contribution in [0.25, 0.3) is 0 Å². The summed E-state index contributed by atoms with van der Waals surface area (Å²) >= 11 is 12.3. The molecule has 0 aromatic heterocycles. The number of sulfonamides is 1. The molecule has 3 aromatic carbocycles. The van der Waals surface area contributed by atoms with Gasteiger partial charge < -0.3 is 15.0 Å². The second-order valence-corrected chi connectivity index (χ2v) is 12.3. The van der Waals surface area contributed by atoms with Crippen molar-refractivity contribution in [2.75, 3.05) is 24.5 Å². The molecule has 11 heteroatoms. The van der Waals surface area contributed by atoms with E-state index in [1.165, 1.54) is 36.3 Å². The van der Waals surface area contributed by atoms with Gasteiger partial charge in [-0.3, -0.25) is 13.9 Å². The molecule has 3 rings (SSSR count). The minimum atomic E-state index is -4.17. The van der Waals surface area contributed by atoms with Crippen LogP contribution >= 0.6 is 23.2 Å². The van der Waals surface area contributed by atoms with Crippen molar-refractivity contribution >= 4 is 50.7 Å². The van der Waals surface area contributed by atoms with E-state index in [1.807, 2.05) is 13.8 Å². The fourth-order valence-corrected chi connectivity index (χ4v) is 5.60. The number of hydrogen-bond acceptors (Lipinski definition) is 5. The van der Waals surface area contributed by atoms with Gasteiger partial charge in [0.15, 0.2) is 0 Å². The molecule has 0 saturated carbocycles. The van der Waals surface area contributed by atoms with Crippen molar-refractivity contribution in [3.63, 3.8) is 0 Å². The summed E-state index contributed by atoms with van der Waals surface area (Å²) in [5.74, 6) is -0.223. The Morgan fingerprint density at radius 3 is 2.15 bits per heavy atom. The minimum Gasteiger partial charge on any atom is -0.497 e. The fourth-order valence-electron chi connectivity index (χ4n) is 3.87. The molecule has 0 bridgehead atoms. The van der Waals surface area contributed by atoms with E-state index in [0.717, 1.165) is 4.31 Å². The number of hydrogen-bond donors (Lipinski definition) is 1. The van der Waals surface area contributed by atoms with Crippen molar-refractivity contribution in [3.05, 3.63) is 88.4 Å². The number of rotatable bonds is 12. The fraction of sp³-hybridized carbons (Fsp3) is 0.310. The largest absolute Gasteiger partial charge is 0.497 e. The van der Waals surface area contributed by atoms with E-state index in [1.54, 1.807) is 55.5 Å². The zero-order valence-electron chi connectivity index (χ0n) is 22.8. The number of nitrogens with zero attached hydrogens (tertiary/aromatic N) is 2. The molecule has 0 aliphatic heterocycles. The highest BCUT2D eigenvalue weighted by atomic mass is 35.5. The molecule has 8 nitrogen and oxygen atoms in total. The number of halogens is 2. The van der Waals surface area contributed by atoms with Gasteiger partial charge in [-0.2, -0.15) is 0 Å². The Kier molecular flexibility index (Phi) is 10.8. The molecule has 0 radical (unpaired) electrons. The standard InChI is InChI=1S/C29H33Cl2N3O5S/c1-20(2)17-32-29(36)21(3)33(18-22-10-15-26(30)27(31)16-22)28(35)19-34(23-8-6-5-7-9-23)40(37,38)25-13-11-24(39-4)12-14-25/h5-16,20-21H,17-19H2,1-4H3,(H,32,36). The Balaban J connectivity index is 2.00. The average molecular weight is 607 g/mol. The van der Waals surface area contributed by atoms with Crippen LogP contribution in [0.5, 0.6) is 5.75 Å². The van der Waals surface area contributed by atoms with Gasteiger partial charge in [-0.25, -0.2) is 8.42 Å². The predicted octanol–water partition coefficient (Wildman–Crippen LogP) is 5.39. The number of benzene rings is 3. The molecule has 0 heterocycles. The van der Waals surface area contributed by atoms with Crippen molar-refractivity contribution in [2.45, 2.75) is 38.3 Å². The smallest absolute Gasteiger partial charge is 0.264 e. The molecule has 3 aromatic rings. The molecule has 0 aliphatic carbocycles. The lowest BCUT2D eigenvalue weighted by molar-refractivity contribution is -0.139. The first-order valence-corrected chi connectivity index (χ1v) is 14.9. The van der Waals surface area contributed by atoms with Crippen molar-refractivity contribution in [1.82, 2.24) is 10.2 Å². The highest BCUT2D eigenvalue weighted by Crippen LogP contribution is 2.27. The number of ether oxygens (including phenoxy) is 1. The van der Waals surface area contributed by atoms with Crippen LogP contribution in [0.1, 0.15) is 26.3 Å². The van der Waals surface area contributed by atoms with Crippen molar-refractivity contribution in [3.8, 4) is 5.75 Å². The lowest BCUT2D eigenvalue weighted by Crippen LogP contribution is -2.51. The summed E-state index contributed by atoms with van der Waals surface area (Å²) in [6.45, 7) is 5.44. The summed E-state index contributed by atoms with van der Waals surface area (Å²) in [4.78, 5) is 28.3. The summed E-state index contributed by atoms with van der Waals surface area (Å²) in [6.07, 6.45) is 0. The Morgan fingerprint density at radius 2 is 1.57 bits per heavy atom. The molecule has 214 valence electrons. The summed E-state index contributed by atoms with van der Waals surface area (Å²) in [5.41, 5.74) is 0.939. The van der Waals surface area contributed by atoms with Gasteiger partial charge in [0.25, 0.3) is 10.0 Å². The van der Waals surface area contributed by atoms with Crippen LogP contribution in [0.15, 0.2) is 77.7 Å². The number of amides is 2. The Labute approximate surface area is 245 Å². The zero-order chi connectivity index (χ0) is 29.4. The van der Waals surface area contributed by atoms with E-state index < -0.39 is 28.5 Å². The highest BCUT2D eigenvalue weighted by molar-refractivity contribution is 7.92. The normalized spacial score (nSPS) is 12.1. The van der Waals surface area contributed by atoms with E-state index in [-0.39, 0.29) is 23.3 Å². The van der Waals surface area contributed by atoms with Crippen molar-refractivity contribution in [2.24, 2.45) is 5.92 Å². The van der Waals surface area contributed by atoms with Crippen molar-refractivity contribution in [1.29, 1.82) is 0 Å². The van der Waals surface area contributed by atoms with Gasteiger partial charge >= 0.3 is 0 Å². The summed E-state index contributed by atoms with van der Waals surface area (Å²) < 4.78 is 33.8. The minimum absolute atomic E-state index is 0.0105.